The third-order valence-corrected chi connectivity index (χ3v) is 4.65. The van der Waals surface area contributed by atoms with Gasteiger partial charge in [0, 0.05) is 30.1 Å². The summed E-state index contributed by atoms with van der Waals surface area (Å²) in [6, 6.07) is 10.9. The lowest BCUT2D eigenvalue weighted by Crippen LogP contribution is -2.34. The van der Waals surface area contributed by atoms with Gasteiger partial charge < -0.3 is 5.73 Å². The molecule has 1 aromatic carbocycles. The molecule has 2 aromatic rings. The van der Waals surface area contributed by atoms with Gasteiger partial charge in [-0.2, -0.15) is 0 Å². The zero-order valence-corrected chi connectivity index (χ0v) is 13.0. The summed E-state index contributed by atoms with van der Waals surface area (Å²) in [5.41, 5.74) is 8.19. The number of likely N-dealkylation sites (tertiary alicyclic amines) is 1. The molecule has 1 aliphatic rings. The molecule has 3 rings (SSSR count). The Kier molecular flexibility index (Phi) is 5.54. The second kappa shape index (κ2) is 7.18. The summed E-state index contributed by atoms with van der Waals surface area (Å²) >= 11 is 1.73. The molecular weight excluding hydrogens is 290 g/mol. The van der Waals surface area contributed by atoms with Crippen molar-refractivity contribution in [1.29, 1.82) is 0 Å². The fraction of sp³-hybridized carbons (Fsp3) is 0.400. The van der Waals surface area contributed by atoms with Crippen LogP contribution in [0, 0.1) is 0 Å². The highest BCUT2D eigenvalue weighted by molar-refractivity contribution is 7.13. The lowest BCUT2D eigenvalue weighted by Gasteiger charge is -2.21. The summed E-state index contributed by atoms with van der Waals surface area (Å²) < 4.78 is 0. The Hall–Kier alpha value is -0.940. The third kappa shape index (κ3) is 3.38. The molecule has 1 atom stereocenters. The Labute approximate surface area is 130 Å². The first kappa shape index (κ1) is 15.4. The van der Waals surface area contributed by atoms with Crippen LogP contribution in [0.4, 0.5) is 0 Å². The van der Waals surface area contributed by atoms with E-state index < -0.39 is 0 Å². The van der Waals surface area contributed by atoms with E-state index in [2.05, 4.69) is 34.5 Å². The molecule has 2 heterocycles. The van der Waals surface area contributed by atoms with E-state index in [9.17, 15) is 0 Å². The van der Waals surface area contributed by atoms with Gasteiger partial charge in [-0.05, 0) is 19.4 Å². The van der Waals surface area contributed by atoms with Crippen LogP contribution in [0.2, 0.25) is 0 Å². The predicted octanol–water partition coefficient (Wildman–Crippen LogP) is 3.16. The number of thiazole rings is 1. The molecule has 0 spiro atoms. The zero-order valence-electron chi connectivity index (χ0n) is 11.4. The Morgan fingerprint density at radius 2 is 2.10 bits per heavy atom. The largest absolute Gasteiger partial charge is 0.329 e. The summed E-state index contributed by atoms with van der Waals surface area (Å²) in [5, 5.41) is 3.29. The van der Waals surface area contributed by atoms with Crippen LogP contribution in [0.25, 0.3) is 10.6 Å². The quantitative estimate of drug-likeness (QED) is 0.943. The van der Waals surface area contributed by atoms with Crippen molar-refractivity contribution >= 4 is 23.7 Å². The van der Waals surface area contributed by atoms with Crippen molar-refractivity contribution in [1.82, 2.24) is 9.88 Å². The highest BCUT2D eigenvalue weighted by atomic mass is 35.5. The molecule has 20 heavy (non-hydrogen) atoms. The van der Waals surface area contributed by atoms with Gasteiger partial charge >= 0.3 is 0 Å². The predicted molar refractivity (Wildman–Crippen MR) is 87.3 cm³/mol. The van der Waals surface area contributed by atoms with Gasteiger partial charge in [-0.3, -0.25) is 4.90 Å². The van der Waals surface area contributed by atoms with Gasteiger partial charge in [0.2, 0.25) is 0 Å². The van der Waals surface area contributed by atoms with Crippen molar-refractivity contribution in [3.8, 4) is 10.6 Å². The van der Waals surface area contributed by atoms with Gasteiger partial charge in [-0.15, -0.1) is 23.7 Å². The molecule has 1 aromatic heterocycles. The Morgan fingerprint density at radius 1 is 1.30 bits per heavy atom. The molecule has 0 aliphatic carbocycles. The molecule has 1 unspecified atom stereocenters. The topological polar surface area (TPSA) is 42.1 Å². The van der Waals surface area contributed by atoms with Crippen molar-refractivity contribution in [2.24, 2.45) is 5.73 Å². The minimum atomic E-state index is 0. The van der Waals surface area contributed by atoms with Crippen molar-refractivity contribution in [2.45, 2.75) is 25.4 Å². The Bertz CT molecular complexity index is 529. The number of hydrogen-bond acceptors (Lipinski definition) is 4. The fourth-order valence-electron chi connectivity index (χ4n) is 2.67. The highest BCUT2D eigenvalue weighted by Crippen LogP contribution is 2.25. The Morgan fingerprint density at radius 3 is 2.85 bits per heavy atom. The van der Waals surface area contributed by atoms with Gasteiger partial charge in [0.15, 0.2) is 0 Å². The molecule has 2 N–H and O–H groups in total. The van der Waals surface area contributed by atoms with E-state index >= 15 is 0 Å². The van der Waals surface area contributed by atoms with Crippen molar-refractivity contribution < 1.29 is 0 Å². The van der Waals surface area contributed by atoms with E-state index in [0.29, 0.717) is 6.04 Å². The van der Waals surface area contributed by atoms with Crippen LogP contribution in [0.15, 0.2) is 35.7 Å². The number of benzene rings is 1. The van der Waals surface area contributed by atoms with E-state index in [0.717, 1.165) is 24.6 Å². The molecule has 5 heteroatoms. The number of nitrogens with zero attached hydrogens (tertiary/aromatic N) is 2. The number of hydrogen-bond donors (Lipinski definition) is 1. The van der Waals surface area contributed by atoms with E-state index in [1.165, 1.54) is 24.1 Å². The average molecular weight is 310 g/mol. The number of rotatable bonds is 4. The molecule has 108 valence electrons. The fourth-order valence-corrected chi connectivity index (χ4v) is 3.49. The van der Waals surface area contributed by atoms with E-state index in [1.807, 2.05) is 6.07 Å². The third-order valence-electron chi connectivity index (χ3n) is 3.71. The van der Waals surface area contributed by atoms with Crippen LogP contribution in [-0.2, 0) is 6.54 Å². The maximum absolute atomic E-state index is 5.81. The second-order valence-electron chi connectivity index (χ2n) is 5.01. The molecule has 0 amide bonds. The van der Waals surface area contributed by atoms with Crippen LogP contribution in [0.5, 0.6) is 0 Å². The molecule has 1 aliphatic heterocycles. The first-order valence-electron chi connectivity index (χ1n) is 6.81. The number of halogens is 1. The van der Waals surface area contributed by atoms with Crippen LogP contribution < -0.4 is 5.73 Å². The minimum Gasteiger partial charge on any atom is -0.329 e. The maximum atomic E-state index is 5.81. The van der Waals surface area contributed by atoms with E-state index in [-0.39, 0.29) is 12.4 Å². The summed E-state index contributed by atoms with van der Waals surface area (Å²) in [5.74, 6) is 0. The SMILES string of the molecule is Cl.NCC1CCCN1Cc1csc(-c2ccccc2)n1. The molecule has 0 saturated carbocycles. The van der Waals surface area contributed by atoms with Gasteiger partial charge in [-0.25, -0.2) is 4.98 Å². The van der Waals surface area contributed by atoms with Gasteiger partial charge in [0.05, 0.1) is 5.69 Å². The lowest BCUT2D eigenvalue weighted by atomic mass is 10.2. The molecule has 1 saturated heterocycles. The van der Waals surface area contributed by atoms with E-state index in [1.54, 1.807) is 11.3 Å². The van der Waals surface area contributed by atoms with Crippen LogP contribution in [0.1, 0.15) is 18.5 Å². The zero-order chi connectivity index (χ0) is 13.1. The smallest absolute Gasteiger partial charge is 0.123 e. The van der Waals surface area contributed by atoms with Crippen LogP contribution >= 0.6 is 23.7 Å². The van der Waals surface area contributed by atoms with Crippen LogP contribution in [-0.4, -0.2) is 29.0 Å². The molecular formula is C15H20ClN3S. The standard InChI is InChI=1S/C15H19N3S.ClH/c16-9-14-7-4-8-18(14)10-13-11-19-15(17-13)12-5-2-1-3-6-12;/h1-3,5-6,11,14H,4,7-10,16H2;1H. The monoisotopic (exact) mass is 309 g/mol. The number of aromatic nitrogens is 1. The maximum Gasteiger partial charge on any atom is 0.123 e. The van der Waals surface area contributed by atoms with Crippen molar-refractivity contribution in [3.63, 3.8) is 0 Å². The Balaban J connectivity index is 0.00000147. The summed E-state index contributed by atoms with van der Waals surface area (Å²) in [4.78, 5) is 7.21. The summed E-state index contributed by atoms with van der Waals surface area (Å²) in [6.45, 7) is 2.85. The molecule has 0 radical (unpaired) electrons. The lowest BCUT2D eigenvalue weighted by molar-refractivity contribution is 0.248. The minimum absolute atomic E-state index is 0. The number of nitrogens with two attached hydrogens (primary N) is 1. The van der Waals surface area contributed by atoms with Crippen molar-refractivity contribution in [2.75, 3.05) is 13.1 Å². The second-order valence-corrected chi connectivity index (χ2v) is 5.87. The van der Waals surface area contributed by atoms with E-state index in [4.69, 9.17) is 10.7 Å². The van der Waals surface area contributed by atoms with Gasteiger partial charge in [0.25, 0.3) is 0 Å². The highest BCUT2D eigenvalue weighted by Gasteiger charge is 2.23. The normalized spacial score (nSPS) is 18.9. The first-order chi connectivity index (χ1) is 9.36. The molecule has 1 fully saturated rings. The molecule has 0 bridgehead atoms. The summed E-state index contributed by atoms with van der Waals surface area (Å²) in [7, 11) is 0. The van der Waals surface area contributed by atoms with Crippen LogP contribution in [0.3, 0.4) is 0 Å². The van der Waals surface area contributed by atoms with Crippen molar-refractivity contribution in [3.05, 3.63) is 41.4 Å². The first-order valence-corrected chi connectivity index (χ1v) is 7.69. The molecule has 3 nitrogen and oxygen atoms in total. The van der Waals surface area contributed by atoms with Gasteiger partial charge in [-0.1, -0.05) is 30.3 Å². The summed E-state index contributed by atoms with van der Waals surface area (Å²) in [6.07, 6.45) is 2.49. The average Bonchev–Trinajstić information content (AvgIpc) is 3.09. The van der Waals surface area contributed by atoms with Gasteiger partial charge in [0.1, 0.15) is 5.01 Å².